The summed E-state index contributed by atoms with van der Waals surface area (Å²) in [6.45, 7) is 6.71. The van der Waals surface area contributed by atoms with Crippen molar-refractivity contribution in [2.45, 2.75) is 26.2 Å². The van der Waals surface area contributed by atoms with Crippen molar-refractivity contribution in [1.82, 2.24) is 23.8 Å². The van der Waals surface area contributed by atoms with Crippen molar-refractivity contribution in [2.75, 3.05) is 0 Å². The second-order valence-corrected chi connectivity index (χ2v) is 10.9. The molecule has 0 amide bonds. The first-order valence-corrected chi connectivity index (χ1v) is 12.9. The summed E-state index contributed by atoms with van der Waals surface area (Å²) < 4.78 is 10.5. The first kappa shape index (κ1) is 24.7. The first-order chi connectivity index (χ1) is 19.0. The van der Waals surface area contributed by atoms with E-state index in [0.717, 1.165) is 49.3 Å². The Morgan fingerprint density at radius 2 is 1.30 bits per heavy atom. The Bertz CT molecular complexity index is 2260. The summed E-state index contributed by atoms with van der Waals surface area (Å²) in [4.78, 5) is 13.6. The zero-order valence-corrected chi connectivity index (χ0v) is 24.3. The second kappa shape index (κ2) is 8.87. The third-order valence-corrected chi connectivity index (χ3v) is 7.55. The van der Waals surface area contributed by atoms with E-state index >= 15 is 0 Å². The molecule has 0 saturated carbocycles. The third-order valence-electron chi connectivity index (χ3n) is 7.55. The van der Waals surface area contributed by atoms with Crippen LogP contribution in [0.5, 0.6) is 11.5 Å². The molecule has 5 heterocycles. The SMILES string of the molecule is CC(C)(C)c1ccc2c(c1)c1ccc(Oc3[c-]c4c(cc3)c3ccncc3n3ccnc43)[c-]c1c1nccn21.[Pt+2]. The number of ether oxygens (including phenoxy) is 1. The van der Waals surface area contributed by atoms with Gasteiger partial charge in [0.15, 0.2) is 0 Å². The quantitative estimate of drug-likeness (QED) is 0.137. The number of imidazole rings is 2. The minimum Gasteiger partial charge on any atom is -0.497 e. The van der Waals surface area contributed by atoms with Gasteiger partial charge in [-0.1, -0.05) is 78.7 Å². The van der Waals surface area contributed by atoms with Crippen molar-refractivity contribution in [3.63, 3.8) is 0 Å². The number of fused-ring (bicyclic) bond motifs is 12. The minimum atomic E-state index is 0. The maximum absolute atomic E-state index is 6.35. The molecule has 0 atom stereocenters. The van der Waals surface area contributed by atoms with Gasteiger partial charge in [-0.3, -0.25) is 15.0 Å². The number of aromatic nitrogens is 5. The van der Waals surface area contributed by atoms with Gasteiger partial charge in [0.25, 0.3) is 0 Å². The van der Waals surface area contributed by atoms with E-state index in [-0.39, 0.29) is 26.5 Å². The minimum absolute atomic E-state index is 0. The van der Waals surface area contributed by atoms with Crippen molar-refractivity contribution >= 4 is 54.6 Å². The van der Waals surface area contributed by atoms with Crippen molar-refractivity contribution in [1.29, 1.82) is 0 Å². The van der Waals surface area contributed by atoms with E-state index < -0.39 is 0 Å². The van der Waals surface area contributed by atoms with Crippen molar-refractivity contribution in [3.05, 3.63) is 103 Å². The number of pyridine rings is 3. The predicted octanol–water partition coefficient (Wildman–Crippen LogP) is 7.68. The molecule has 6 nitrogen and oxygen atoms in total. The largest absolute Gasteiger partial charge is 2.00 e. The molecule has 7 heteroatoms. The van der Waals surface area contributed by atoms with Crippen LogP contribution in [-0.2, 0) is 26.5 Å². The number of hydrogen-bond donors (Lipinski definition) is 0. The van der Waals surface area contributed by atoms with Gasteiger partial charge in [0, 0.05) is 54.2 Å². The molecule has 5 aromatic heterocycles. The molecule has 0 aliphatic heterocycles. The van der Waals surface area contributed by atoms with E-state index in [0.29, 0.717) is 11.5 Å². The van der Waals surface area contributed by atoms with Crippen LogP contribution in [0, 0.1) is 12.1 Å². The van der Waals surface area contributed by atoms with Crippen LogP contribution in [-0.4, -0.2) is 23.8 Å². The maximum Gasteiger partial charge on any atom is 2.00 e. The Morgan fingerprint density at radius 3 is 1.95 bits per heavy atom. The monoisotopic (exact) mass is 700 g/mol. The molecule has 0 saturated heterocycles. The van der Waals surface area contributed by atoms with Gasteiger partial charge in [-0.2, -0.15) is 0 Å². The molecule has 196 valence electrons. The van der Waals surface area contributed by atoms with Crippen LogP contribution in [0.2, 0.25) is 0 Å². The van der Waals surface area contributed by atoms with Gasteiger partial charge in [-0.05, 0) is 33.9 Å². The van der Waals surface area contributed by atoms with E-state index in [1.807, 2.05) is 53.6 Å². The zero-order valence-electron chi connectivity index (χ0n) is 22.0. The average molecular weight is 701 g/mol. The van der Waals surface area contributed by atoms with E-state index in [4.69, 9.17) is 4.74 Å². The standard InChI is InChI=1S/C33H23N5O.Pt/c1-33(2,3)20-4-9-29-26(16-20)24-8-6-22(18-28(24)31-35-12-14-37(29)31)39-21-5-7-23-25-10-11-34-19-30(25)38-15-13-36-32(38)27(23)17-21;/h4-16,19H,1-3H3;/q-2;+2. The summed E-state index contributed by atoms with van der Waals surface area (Å²) in [6, 6.07) is 23.8. The van der Waals surface area contributed by atoms with Gasteiger partial charge in [0.1, 0.15) is 0 Å². The molecule has 8 rings (SSSR count). The molecule has 3 aromatic carbocycles. The number of nitrogens with zero attached hydrogens (tertiary/aromatic N) is 5. The molecule has 0 aliphatic rings. The summed E-state index contributed by atoms with van der Waals surface area (Å²) in [5.74, 6) is 1.21. The fraction of sp³-hybridized carbons (Fsp3) is 0.121. The van der Waals surface area contributed by atoms with Crippen molar-refractivity contribution in [2.24, 2.45) is 0 Å². The first-order valence-electron chi connectivity index (χ1n) is 12.9. The van der Waals surface area contributed by atoms with Crippen LogP contribution < -0.4 is 4.74 Å². The third kappa shape index (κ3) is 3.63. The van der Waals surface area contributed by atoms with E-state index in [1.54, 1.807) is 6.20 Å². The Hall–Kier alpha value is -4.28. The molecule has 8 aromatic rings. The van der Waals surface area contributed by atoms with Gasteiger partial charge in [-0.15, -0.1) is 12.1 Å². The Morgan fingerprint density at radius 1 is 0.675 bits per heavy atom. The summed E-state index contributed by atoms with van der Waals surface area (Å²) in [7, 11) is 0. The second-order valence-electron chi connectivity index (χ2n) is 10.9. The van der Waals surface area contributed by atoms with Crippen LogP contribution in [0.15, 0.2) is 85.7 Å². The van der Waals surface area contributed by atoms with Gasteiger partial charge in [0.05, 0.1) is 16.8 Å². The summed E-state index contributed by atoms with van der Waals surface area (Å²) >= 11 is 0. The van der Waals surface area contributed by atoms with E-state index in [2.05, 4.69) is 82.6 Å². The van der Waals surface area contributed by atoms with Crippen LogP contribution in [0.1, 0.15) is 26.3 Å². The molecule has 40 heavy (non-hydrogen) atoms. The Balaban J connectivity index is 0.00000264. The molecule has 0 aliphatic carbocycles. The molecule has 0 radical (unpaired) electrons. The zero-order chi connectivity index (χ0) is 26.3. The smallest absolute Gasteiger partial charge is 0.497 e. The molecular weight excluding hydrogens is 677 g/mol. The molecule has 0 spiro atoms. The van der Waals surface area contributed by atoms with E-state index in [9.17, 15) is 0 Å². The van der Waals surface area contributed by atoms with E-state index in [1.165, 1.54) is 10.9 Å². The fourth-order valence-electron chi connectivity index (χ4n) is 5.59. The van der Waals surface area contributed by atoms with Crippen LogP contribution in [0.3, 0.4) is 0 Å². The topological polar surface area (TPSA) is 56.7 Å². The van der Waals surface area contributed by atoms with Gasteiger partial charge in [0.2, 0.25) is 0 Å². The van der Waals surface area contributed by atoms with Crippen molar-refractivity contribution < 1.29 is 25.8 Å². The summed E-state index contributed by atoms with van der Waals surface area (Å²) in [5, 5.41) is 6.24. The van der Waals surface area contributed by atoms with Crippen LogP contribution >= 0.6 is 0 Å². The van der Waals surface area contributed by atoms with Gasteiger partial charge >= 0.3 is 21.1 Å². The Kier molecular flexibility index (Phi) is 5.48. The number of hydrogen-bond acceptors (Lipinski definition) is 4. The molecule has 0 bridgehead atoms. The van der Waals surface area contributed by atoms with Crippen LogP contribution in [0.4, 0.5) is 0 Å². The van der Waals surface area contributed by atoms with Crippen LogP contribution in [0.25, 0.3) is 54.6 Å². The normalized spacial score (nSPS) is 12.2. The Labute approximate surface area is 244 Å². The molecular formula is C33H23N5OPt. The fourth-order valence-corrected chi connectivity index (χ4v) is 5.59. The van der Waals surface area contributed by atoms with Gasteiger partial charge < -0.3 is 13.5 Å². The molecule has 0 unspecified atom stereocenters. The van der Waals surface area contributed by atoms with Gasteiger partial charge in [-0.25, -0.2) is 0 Å². The summed E-state index contributed by atoms with van der Waals surface area (Å²) in [5.41, 5.74) is 5.14. The average Bonchev–Trinajstić information content (AvgIpc) is 3.63. The number of rotatable bonds is 2. The number of benzene rings is 3. The molecule has 0 N–H and O–H groups in total. The maximum atomic E-state index is 6.35. The summed E-state index contributed by atoms with van der Waals surface area (Å²) in [6.07, 6.45) is 11.3. The van der Waals surface area contributed by atoms with Crippen molar-refractivity contribution in [3.8, 4) is 11.5 Å². The predicted molar refractivity (Wildman–Crippen MR) is 155 cm³/mol. The molecule has 0 fully saturated rings.